The highest BCUT2D eigenvalue weighted by Gasteiger charge is 2.36. The maximum absolute atomic E-state index is 5.64. The summed E-state index contributed by atoms with van der Waals surface area (Å²) in [7, 11) is 0. The van der Waals surface area contributed by atoms with Crippen molar-refractivity contribution in [3.05, 3.63) is 0 Å². The van der Waals surface area contributed by atoms with Crippen molar-refractivity contribution < 1.29 is 0 Å². The van der Waals surface area contributed by atoms with Crippen molar-refractivity contribution in [2.24, 2.45) is 17.6 Å². The summed E-state index contributed by atoms with van der Waals surface area (Å²) in [5.41, 5.74) is 5.64. The third-order valence-corrected chi connectivity index (χ3v) is 3.56. The molecule has 2 rings (SSSR count). The SMILES string of the molecule is NC[C@@H]1C[C@@H]1CN1CCCCCC1. The van der Waals surface area contributed by atoms with Crippen LogP contribution >= 0.6 is 0 Å². The lowest BCUT2D eigenvalue weighted by atomic mass is 10.2. The Kier molecular flexibility index (Phi) is 3.23. The molecule has 0 unspecified atom stereocenters. The molecular formula is C11H22N2. The van der Waals surface area contributed by atoms with Gasteiger partial charge in [-0.2, -0.15) is 0 Å². The fourth-order valence-corrected chi connectivity index (χ4v) is 2.47. The largest absolute Gasteiger partial charge is 0.330 e. The van der Waals surface area contributed by atoms with Crippen molar-refractivity contribution >= 4 is 0 Å². The molecule has 13 heavy (non-hydrogen) atoms. The van der Waals surface area contributed by atoms with Crippen LogP contribution in [0, 0.1) is 11.8 Å². The van der Waals surface area contributed by atoms with Gasteiger partial charge in [0.1, 0.15) is 0 Å². The summed E-state index contributed by atoms with van der Waals surface area (Å²) in [4.78, 5) is 2.66. The van der Waals surface area contributed by atoms with Gasteiger partial charge >= 0.3 is 0 Å². The smallest absolute Gasteiger partial charge is 0.00129 e. The molecule has 0 amide bonds. The second kappa shape index (κ2) is 4.43. The molecule has 0 radical (unpaired) electrons. The number of rotatable bonds is 3. The van der Waals surface area contributed by atoms with Crippen LogP contribution in [0.3, 0.4) is 0 Å². The second-order valence-electron chi connectivity index (χ2n) is 4.71. The number of nitrogens with two attached hydrogens (primary N) is 1. The zero-order valence-corrected chi connectivity index (χ0v) is 8.54. The standard InChI is InChI=1S/C11H22N2/c12-8-10-7-11(10)9-13-5-3-1-2-4-6-13/h10-11H,1-9,12H2/t10-,11+/m0/s1. The van der Waals surface area contributed by atoms with Gasteiger partial charge in [0, 0.05) is 6.54 Å². The van der Waals surface area contributed by atoms with E-state index in [2.05, 4.69) is 4.90 Å². The molecule has 0 bridgehead atoms. The minimum Gasteiger partial charge on any atom is -0.330 e. The molecule has 2 fully saturated rings. The summed E-state index contributed by atoms with van der Waals surface area (Å²) in [6, 6.07) is 0. The van der Waals surface area contributed by atoms with Gasteiger partial charge in [-0.15, -0.1) is 0 Å². The van der Waals surface area contributed by atoms with Crippen molar-refractivity contribution in [2.45, 2.75) is 32.1 Å². The molecule has 1 aliphatic heterocycles. The Bertz CT molecular complexity index is 150. The quantitative estimate of drug-likeness (QED) is 0.716. The average Bonchev–Trinajstić information content (AvgIpc) is 2.90. The highest BCUT2D eigenvalue weighted by atomic mass is 15.1. The van der Waals surface area contributed by atoms with Crippen LogP contribution in [-0.4, -0.2) is 31.1 Å². The first-order valence-corrected chi connectivity index (χ1v) is 5.82. The van der Waals surface area contributed by atoms with E-state index >= 15 is 0 Å². The first kappa shape index (κ1) is 9.47. The molecule has 2 aliphatic rings. The summed E-state index contributed by atoms with van der Waals surface area (Å²) < 4.78 is 0. The number of nitrogens with zero attached hydrogens (tertiary/aromatic N) is 1. The minimum absolute atomic E-state index is 0.864. The molecule has 0 aromatic rings. The van der Waals surface area contributed by atoms with Crippen molar-refractivity contribution in [3.63, 3.8) is 0 Å². The first-order valence-electron chi connectivity index (χ1n) is 5.82. The van der Waals surface area contributed by atoms with Gasteiger partial charge in [0.25, 0.3) is 0 Å². The van der Waals surface area contributed by atoms with Crippen LogP contribution < -0.4 is 5.73 Å². The fraction of sp³-hybridized carbons (Fsp3) is 1.00. The van der Waals surface area contributed by atoms with Crippen LogP contribution in [-0.2, 0) is 0 Å². The van der Waals surface area contributed by atoms with Gasteiger partial charge in [0.2, 0.25) is 0 Å². The maximum Gasteiger partial charge on any atom is 0.00129 e. The van der Waals surface area contributed by atoms with Crippen LogP contribution in [0.25, 0.3) is 0 Å². The van der Waals surface area contributed by atoms with E-state index in [1.165, 1.54) is 51.7 Å². The lowest BCUT2D eigenvalue weighted by Gasteiger charge is -2.19. The van der Waals surface area contributed by atoms with E-state index in [1.54, 1.807) is 0 Å². The molecule has 2 atom stereocenters. The van der Waals surface area contributed by atoms with Crippen molar-refractivity contribution in [1.29, 1.82) is 0 Å². The summed E-state index contributed by atoms with van der Waals surface area (Å²) >= 11 is 0. The molecular weight excluding hydrogens is 160 g/mol. The van der Waals surface area contributed by atoms with E-state index in [0.29, 0.717) is 0 Å². The lowest BCUT2D eigenvalue weighted by Crippen LogP contribution is -2.27. The third-order valence-electron chi connectivity index (χ3n) is 3.56. The Morgan fingerprint density at radius 2 is 1.69 bits per heavy atom. The zero-order chi connectivity index (χ0) is 9.10. The molecule has 1 saturated carbocycles. The topological polar surface area (TPSA) is 29.3 Å². The van der Waals surface area contributed by atoms with Crippen LogP contribution in [0.1, 0.15) is 32.1 Å². The zero-order valence-electron chi connectivity index (χ0n) is 8.54. The van der Waals surface area contributed by atoms with E-state index in [9.17, 15) is 0 Å². The van der Waals surface area contributed by atoms with Crippen LogP contribution in [0.2, 0.25) is 0 Å². The molecule has 76 valence electrons. The summed E-state index contributed by atoms with van der Waals surface area (Å²) in [6.45, 7) is 4.93. The minimum atomic E-state index is 0.864. The Balaban J connectivity index is 1.68. The van der Waals surface area contributed by atoms with Crippen molar-refractivity contribution in [2.75, 3.05) is 26.2 Å². The van der Waals surface area contributed by atoms with Gasteiger partial charge in [0.05, 0.1) is 0 Å². The Labute approximate surface area is 81.5 Å². The Morgan fingerprint density at radius 3 is 2.23 bits per heavy atom. The van der Waals surface area contributed by atoms with Gasteiger partial charge in [-0.25, -0.2) is 0 Å². The monoisotopic (exact) mass is 182 g/mol. The maximum atomic E-state index is 5.64. The molecule has 2 nitrogen and oxygen atoms in total. The van der Waals surface area contributed by atoms with Gasteiger partial charge in [-0.1, -0.05) is 12.8 Å². The van der Waals surface area contributed by atoms with E-state index in [-0.39, 0.29) is 0 Å². The summed E-state index contributed by atoms with van der Waals surface area (Å²) in [5.74, 6) is 1.81. The van der Waals surface area contributed by atoms with Gasteiger partial charge in [-0.05, 0) is 50.7 Å². The highest BCUT2D eigenvalue weighted by molar-refractivity contribution is 4.89. The first-order chi connectivity index (χ1) is 6.40. The van der Waals surface area contributed by atoms with E-state index < -0.39 is 0 Å². The molecule has 0 spiro atoms. The van der Waals surface area contributed by atoms with Gasteiger partial charge in [-0.3, -0.25) is 0 Å². The normalized spacial score (nSPS) is 35.8. The summed E-state index contributed by atoms with van der Waals surface area (Å²) in [6.07, 6.45) is 7.12. The third kappa shape index (κ3) is 2.68. The lowest BCUT2D eigenvalue weighted by molar-refractivity contribution is 0.269. The van der Waals surface area contributed by atoms with E-state index in [4.69, 9.17) is 5.73 Å². The van der Waals surface area contributed by atoms with Crippen LogP contribution in [0.15, 0.2) is 0 Å². The average molecular weight is 182 g/mol. The molecule has 1 saturated heterocycles. The molecule has 0 aromatic heterocycles. The Hall–Kier alpha value is -0.0800. The molecule has 0 aromatic carbocycles. The van der Waals surface area contributed by atoms with E-state index in [0.717, 1.165) is 18.4 Å². The van der Waals surface area contributed by atoms with E-state index in [1.807, 2.05) is 0 Å². The van der Waals surface area contributed by atoms with Crippen molar-refractivity contribution in [3.8, 4) is 0 Å². The molecule has 1 heterocycles. The highest BCUT2D eigenvalue weighted by Crippen LogP contribution is 2.38. The number of likely N-dealkylation sites (tertiary alicyclic amines) is 1. The Morgan fingerprint density at radius 1 is 1.00 bits per heavy atom. The van der Waals surface area contributed by atoms with Crippen molar-refractivity contribution in [1.82, 2.24) is 4.90 Å². The van der Waals surface area contributed by atoms with Gasteiger partial charge < -0.3 is 10.6 Å². The second-order valence-corrected chi connectivity index (χ2v) is 4.71. The summed E-state index contributed by atoms with van der Waals surface area (Å²) in [5, 5.41) is 0. The van der Waals surface area contributed by atoms with Crippen LogP contribution in [0.5, 0.6) is 0 Å². The predicted octanol–water partition coefficient (Wildman–Crippen LogP) is 1.46. The predicted molar refractivity (Wildman–Crippen MR) is 55.6 cm³/mol. The fourth-order valence-electron chi connectivity index (χ4n) is 2.47. The van der Waals surface area contributed by atoms with Gasteiger partial charge in [0.15, 0.2) is 0 Å². The molecule has 2 N–H and O–H groups in total. The molecule has 1 aliphatic carbocycles. The number of hydrogen-bond donors (Lipinski definition) is 1. The molecule has 2 heteroatoms. The number of hydrogen-bond acceptors (Lipinski definition) is 2. The van der Waals surface area contributed by atoms with Crippen LogP contribution in [0.4, 0.5) is 0 Å².